The molecule has 0 saturated carbocycles. The van der Waals surface area contributed by atoms with Crippen molar-refractivity contribution >= 4 is 28.5 Å². The highest BCUT2D eigenvalue weighted by Gasteiger charge is 2.11. The minimum absolute atomic E-state index is 0.189. The van der Waals surface area contributed by atoms with Gasteiger partial charge in [-0.3, -0.25) is 10.1 Å². The molecule has 1 N–H and O–H groups in total. The number of nitrogens with zero attached hydrogens (tertiary/aromatic N) is 3. The number of amides is 1. The van der Waals surface area contributed by atoms with E-state index in [1.165, 1.54) is 0 Å². The van der Waals surface area contributed by atoms with E-state index in [0.717, 1.165) is 5.52 Å². The molecule has 21 heavy (non-hydrogen) atoms. The molecule has 0 atom stereocenters. The molecule has 4 rings (SSSR count). The summed E-state index contributed by atoms with van der Waals surface area (Å²) in [5, 5.41) is 2.66. The molecule has 0 aliphatic rings. The van der Waals surface area contributed by atoms with Gasteiger partial charge in [-0.1, -0.05) is 12.1 Å². The van der Waals surface area contributed by atoms with Crippen LogP contribution >= 0.6 is 0 Å². The summed E-state index contributed by atoms with van der Waals surface area (Å²) in [5.41, 5.74) is 2.71. The Balaban J connectivity index is 1.64. The van der Waals surface area contributed by atoms with Crippen molar-refractivity contribution in [3.63, 3.8) is 0 Å². The number of pyridine rings is 1. The van der Waals surface area contributed by atoms with Gasteiger partial charge in [0, 0.05) is 11.8 Å². The number of carbonyl (C=O) groups is 1. The van der Waals surface area contributed by atoms with E-state index in [0.29, 0.717) is 16.7 Å². The fraction of sp³-hybridized carbons (Fsp3) is 0. The number of nitrogens with one attached hydrogen (secondary N) is 1. The Morgan fingerprint density at radius 3 is 3.05 bits per heavy atom. The van der Waals surface area contributed by atoms with E-state index in [9.17, 15) is 4.79 Å². The second kappa shape index (κ2) is 4.45. The molecular weight excluding hydrogens is 268 g/mol. The van der Waals surface area contributed by atoms with Crippen molar-refractivity contribution in [3.8, 4) is 0 Å². The zero-order chi connectivity index (χ0) is 14.2. The van der Waals surface area contributed by atoms with Gasteiger partial charge < -0.3 is 8.82 Å². The summed E-state index contributed by atoms with van der Waals surface area (Å²) < 4.78 is 7.30. The summed E-state index contributed by atoms with van der Waals surface area (Å²) in [7, 11) is 0. The zero-order valence-electron chi connectivity index (χ0n) is 10.9. The standard InChI is InChI=1S/C15H10N4O2/c20-14(10-5-6-19-9-16-8-11(19)7-10)18-15-17-12-3-1-2-4-13(12)21-15/h1-9H,(H,17,18,20). The molecule has 0 aliphatic heterocycles. The maximum absolute atomic E-state index is 12.2. The Bertz CT molecular complexity index is 921. The summed E-state index contributed by atoms with van der Waals surface area (Å²) in [4.78, 5) is 20.4. The summed E-state index contributed by atoms with van der Waals surface area (Å²) in [6, 6.07) is 11.0. The molecule has 0 spiro atoms. The van der Waals surface area contributed by atoms with Gasteiger partial charge in [-0.05, 0) is 24.3 Å². The molecule has 0 unspecified atom stereocenters. The molecular formula is C15H10N4O2. The molecule has 0 bridgehead atoms. The number of hydrogen-bond acceptors (Lipinski definition) is 4. The predicted octanol–water partition coefficient (Wildman–Crippen LogP) is 2.73. The largest absolute Gasteiger partial charge is 0.423 e. The summed E-state index contributed by atoms with van der Waals surface area (Å²) in [6.07, 6.45) is 5.15. The third kappa shape index (κ3) is 2.02. The predicted molar refractivity (Wildman–Crippen MR) is 77.2 cm³/mol. The van der Waals surface area contributed by atoms with E-state index in [-0.39, 0.29) is 11.9 Å². The van der Waals surface area contributed by atoms with E-state index in [4.69, 9.17) is 4.42 Å². The van der Waals surface area contributed by atoms with Gasteiger partial charge in [0.25, 0.3) is 5.91 Å². The summed E-state index contributed by atoms with van der Waals surface area (Å²) >= 11 is 0. The van der Waals surface area contributed by atoms with Gasteiger partial charge in [0.2, 0.25) is 0 Å². The number of para-hydroxylation sites is 2. The number of fused-ring (bicyclic) bond motifs is 2. The lowest BCUT2D eigenvalue weighted by atomic mass is 10.2. The van der Waals surface area contributed by atoms with Crippen molar-refractivity contribution in [2.24, 2.45) is 0 Å². The van der Waals surface area contributed by atoms with Crippen molar-refractivity contribution in [3.05, 3.63) is 60.7 Å². The maximum atomic E-state index is 12.2. The van der Waals surface area contributed by atoms with Gasteiger partial charge in [0.15, 0.2) is 5.58 Å². The normalized spacial score (nSPS) is 11.0. The van der Waals surface area contributed by atoms with Crippen LogP contribution < -0.4 is 5.32 Å². The average molecular weight is 278 g/mol. The molecule has 4 aromatic rings. The maximum Gasteiger partial charge on any atom is 0.302 e. The van der Waals surface area contributed by atoms with Crippen LogP contribution in [0.5, 0.6) is 0 Å². The number of aromatic nitrogens is 3. The highest BCUT2D eigenvalue weighted by molar-refractivity contribution is 6.04. The first-order chi connectivity index (χ1) is 10.3. The van der Waals surface area contributed by atoms with Crippen LogP contribution in [0.4, 0.5) is 6.01 Å². The monoisotopic (exact) mass is 278 g/mol. The Kier molecular flexibility index (Phi) is 2.47. The zero-order valence-corrected chi connectivity index (χ0v) is 10.9. The Labute approximate surface area is 119 Å². The molecule has 3 heterocycles. The topological polar surface area (TPSA) is 72.4 Å². The van der Waals surface area contributed by atoms with E-state index in [2.05, 4.69) is 15.3 Å². The van der Waals surface area contributed by atoms with E-state index < -0.39 is 0 Å². The lowest BCUT2D eigenvalue weighted by Crippen LogP contribution is -2.12. The first-order valence-electron chi connectivity index (χ1n) is 6.38. The molecule has 3 aromatic heterocycles. The number of anilines is 1. The second-order valence-corrected chi connectivity index (χ2v) is 4.58. The van der Waals surface area contributed by atoms with Crippen LogP contribution in [0.3, 0.4) is 0 Å². The lowest BCUT2D eigenvalue weighted by molar-refractivity contribution is 0.102. The molecule has 1 amide bonds. The van der Waals surface area contributed by atoms with Gasteiger partial charge in [0.05, 0.1) is 18.0 Å². The molecule has 6 heteroatoms. The molecule has 1 aromatic carbocycles. The fourth-order valence-electron chi connectivity index (χ4n) is 2.16. The minimum Gasteiger partial charge on any atom is -0.423 e. The Hall–Kier alpha value is -3.15. The van der Waals surface area contributed by atoms with Crippen LogP contribution in [-0.4, -0.2) is 20.3 Å². The van der Waals surface area contributed by atoms with Crippen molar-refractivity contribution in [2.45, 2.75) is 0 Å². The van der Waals surface area contributed by atoms with Gasteiger partial charge in [-0.25, -0.2) is 4.98 Å². The van der Waals surface area contributed by atoms with Crippen molar-refractivity contribution < 1.29 is 9.21 Å². The van der Waals surface area contributed by atoms with Gasteiger partial charge >= 0.3 is 6.01 Å². The van der Waals surface area contributed by atoms with Gasteiger partial charge in [-0.15, -0.1) is 0 Å². The first-order valence-corrected chi connectivity index (χ1v) is 6.38. The van der Waals surface area contributed by atoms with Crippen LogP contribution in [0, 0.1) is 0 Å². The van der Waals surface area contributed by atoms with Gasteiger partial charge in [-0.2, -0.15) is 4.98 Å². The SMILES string of the molecule is O=C(Nc1nc2ccccc2o1)c1ccn2cncc2c1. The summed E-state index contributed by atoms with van der Waals surface area (Å²) in [6.45, 7) is 0. The minimum atomic E-state index is -0.273. The summed E-state index contributed by atoms with van der Waals surface area (Å²) in [5.74, 6) is -0.273. The van der Waals surface area contributed by atoms with Crippen LogP contribution in [0.25, 0.3) is 16.6 Å². The highest BCUT2D eigenvalue weighted by atomic mass is 16.4. The third-order valence-electron chi connectivity index (χ3n) is 3.19. The second-order valence-electron chi connectivity index (χ2n) is 4.58. The molecule has 0 fully saturated rings. The third-order valence-corrected chi connectivity index (χ3v) is 3.19. The highest BCUT2D eigenvalue weighted by Crippen LogP contribution is 2.18. The van der Waals surface area contributed by atoms with Crippen LogP contribution in [0.1, 0.15) is 10.4 Å². The van der Waals surface area contributed by atoms with E-state index >= 15 is 0 Å². The van der Waals surface area contributed by atoms with E-state index in [1.807, 2.05) is 22.6 Å². The fourth-order valence-corrected chi connectivity index (χ4v) is 2.16. The number of carbonyl (C=O) groups excluding carboxylic acids is 1. The Morgan fingerprint density at radius 2 is 2.14 bits per heavy atom. The van der Waals surface area contributed by atoms with Crippen molar-refractivity contribution in [1.82, 2.24) is 14.4 Å². The number of oxazole rings is 1. The number of imidazole rings is 1. The van der Waals surface area contributed by atoms with Crippen molar-refractivity contribution in [1.29, 1.82) is 0 Å². The van der Waals surface area contributed by atoms with E-state index in [1.54, 1.807) is 36.9 Å². The lowest BCUT2D eigenvalue weighted by Gasteiger charge is -2.01. The Morgan fingerprint density at radius 1 is 1.24 bits per heavy atom. The molecule has 0 saturated heterocycles. The number of hydrogen-bond donors (Lipinski definition) is 1. The van der Waals surface area contributed by atoms with Crippen LogP contribution in [0.15, 0.2) is 59.5 Å². The number of benzene rings is 1. The van der Waals surface area contributed by atoms with Gasteiger partial charge in [0.1, 0.15) is 5.52 Å². The molecule has 102 valence electrons. The molecule has 0 radical (unpaired) electrons. The van der Waals surface area contributed by atoms with Crippen LogP contribution in [-0.2, 0) is 0 Å². The molecule has 6 nitrogen and oxygen atoms in total. The number of rotatable bonds is 2. The van der Waals surface area contributed by atoms with Crippen molar-refractivity contribution in [2.75, 3.05) is 5.32 Å². The molecule has 0 aliphatic carbocycles. The quantitative estimate of drug-likeness (QED) is 0.612. The first kappa shape index (κ1) is 11.7. The van der Waals surface area contributed by atoms with Crippen LogP contribution in [0.2, 0.25) is 0 Å². The smallest absolute Gasteiger partial charge is 0.302 e. The average Bonchev–Trinajstić information content (AvgIpc) is 3.11.